The minimum atomic E-state index is 0.0892. The minimum absolute atomic E-state index is 0.0892. The van der Waals surface area contributed by atoms with Gasteiger partial charge in [-0.1, -0.05) is 17.7 Å². The summed E-state index contributed by atoms with van der Waals surface area (Å²) in [4.78, 5) is 12.9. The monoisotopic (exact) mass is 177 g/mol. The van der Waals surface area contributed by atoms with Crippen LogP contribution in [0.15, 0.2) is 24.3 Å². The third-order valence-corrected chi connectivity index (χ3v) is 2.04. The summed E-state index contributed by atoms with van der Waals surface area (Å²) in [5.74, 6) is 0.0892. The Morgan fingerprint density at radius 1 is 1.31 bits per heavy atom. The molecule has 0 radical (unpaired) electrons. The molecule has 0 aliphatic heterocycles. The molecule has 70 valence electrons. The van der Waals surface area contributed by atoms with E-state index < -0.39 is 0 Å². The van der Waals surface area contributed by atoms with Crippen molar-refractivity contribution in [1.29, 1.82) is 0 Å². The number of carbonyl (C=O) groups excluding carboxylic acids is 1. The van der Waals surface area contributed by atoms with Crippen molar-refractivity contribution < 1.29 is 4.79 Å². The van der Waals surface area contributed by atoms with Crippen molar-refractivity contribution in [2.24, 2.45) is 0 Å². The van der Waals surface area contributed by atoms with E-state index in [9.17, 15) is 4.79 Å². The molecule has 0 aliphatic rings. The molecule has 0 spiro atoms. The first-order valence-electron chi connectivity index (χ1n) is 4.50. The first-order valence-corrected chi connectivity index (χ1v) is 4.50. The van der Waals surface area contributed by atoms with Gasteiger partial charge in [-0.15, -0.1) is 0 Å². The van der Waals surface area contributed by atoms with Gasteiger partial charge in [-0.2, -0.15) is 0 Å². The van der Waals surface area contributed by atoms with Crippen LogP contribution in [-0.2, 0) is 4.79 Å². The minimum Gasteiger partial charge on any atom is -0.313 e. The molecular formula is C11H15NO. The Balaban J connectivity index is 2.92. The fraction of sp³-hybridized carbons (Fsp3) is 0.364. The Bertz CT molecular complexity index is 289. The highest BCUT2D eigenvalue weighted by Gasteiger charge is 2.07. The van der Waals surface area contributed by atoms with Crippen LogP contribution in [-0.4, -0.2) is 12.5 Å². The van der Waals surface area contributed by atoms with Gasteiger partial charge in [-0.05, 0) is 26.0 Å². The first kappa shape index (κ1) is 9.78. The van der Waals surface area contributed by atoms with Gasteiger partial charge in [-0.3, -0.25) is 4.79 Å². The van der Waals surface area contributed by atoms with Crippen molar-refractivity contribution >= 4 is 11.6 Å². The Hall–Kier alpha value is -1.31. The fourth-order valence-electron chi connectivity index (χ4n) is 1.31. The highest BCUT2D eigenvalue weighted by Crippen LogP contribution is 2.14. The maximum absolute atomic E-state index is 11.2. The lowest BCUT2D eigenvalue weighted by Crippen LogP contribution is -2.27. The molecule has 0 saturated carbocycles. The zero-order chi connectivity index (χ0) is 9.84. The van der Waals surface area contributed by atoms with Gasteiger partial charge in [0.05, 0.1) is 0 Å². The molecule has 0 bridgehead atoms. The zero-order valence-electron chi connectivity index (χ0n) is 8.37. The maximum Gasteiger partial charge on any atom is 0.223 e. The molecule has 2 nitrogen and oxygen atoms in total. The highest BCUT2D eigenvalue weighted by atomic mass is 16.2. The highest BCUT2D eigenvalue weighted by molar-refractivity contribution is 5.91. The predicted octanol–water partition coefficient (Wildman–Crippen LogP) is 2.37. The second-order valence-corrected chi connectivity index (χ2v) is 3.10. The van der Waals surface area contributed by atoms with Gasteiger partial charge < -0.3 is 4.90 Å². The maximum atomic E-state index is 11.2. The van der Waals surface area contributed by atoms with E-state index in [1.165, 1.54) is 5.56 Å². The number of aryl methyl sites for hydroxylation is 1. The molecule has 1 rings (SSSR count). The lowest BCUT2D eigenvalue weighted by atomic mass is 10.2. The number of hydrogen-bond acceptors (Lipinski definition) is 1. The summed E-state index contributed by atoms with van der Waals surface area (Å²) in [6.07, 6.45) is 0. The molecule has 2 heteroatoms. The topological polar surface area (TPSA) is 20.3 Å². The third-order valence-electron chi connectivity index (χ3n) is 2.04. The van der Waals surface area contributed by atoms with E-state index >= 15 is 0 Å². The number of nitrogens with zero attached hydrogens (tertiary/aromatic N) is 1. The predicted molar refractivity (Wildman–Crippen MR) is 54.9 cm³/mol. The normalized spacial score (nSPS) is 9.77. The van der Waals surface area contributed by atoms with Gasteiger partial charge in [0.25, 0.3) is 0 Å². The van der Waals surface area contributed by atoms with Crippen molar-refractivity contribution in [1.82, 2.24) is 0 Å². The van der Waals surface area contributed by atoms with Crippen LogP contribution < -0.4 is 4.90 Å². The summed E-state index contributed by atoms with van der Waals surface area (Å²) in [6.45, 7) is 6.32. The van der Waals surface area contributed by atoms with Crippen molar-refractivity contribution in [2.75, 3.05) is 11.4 Å². The fourth-order valence-corrected chi connectivity index (χ4v) is 1.31. The van der Waals surface area contributed by atoms with Gasteiger partial charge in [-0.25, -0.2) is 0 Å². The zero-order valence-corrected chi connectivity index (χ0v) is 8.37. The Kier molecular flexibility index (Phi) is 3.07. The van der Waals surface area contributed by atoms with Gasteiger partial charge in [0.15, 0.2) is 0 Å². The second-order valence-electron chi connectivity index (χ2n) is 3.10. The number of carbonyl (C=O) groups is 1. The summed E-state index contributed by atoms with van der Waals surface area (Å²) in [5, 5.41) is 0. The van der Waals surface area contributed by atoms with Crippen LogP contribution >= 0.6 is 0 Å². The van der Waals surface area contributed by atoms with E-state index in [1.807, 2.05) is 38.1 Å². The van der Waals surface area contributed by atoms with E-state index in [2.05, 4.69) is 0 Å². The average molecular weight is 177 g/mol. The first-order chi connectivity index (χ1) is 6.15. The molecule has 0 atom stereocenters. The van der Waals surface area contributed by atoms with Crippen LogP contribution in [0.3, 0.4) is 0 Å². The SMILES string of the molecule is CCN(C(C)=O)c1ccc(C)cc1. The molecule has 0 heterocycles. The van der Waals surface area contributed by atoms with Crippen LogP contribution in [0.25, 0.3) is 0 Å². The molecule has 1 amide bonds. The number of rotatable bonds is 2. The molecule has 0 aromatic heterocycles. The van der Waals surface area contributed by atoms with E-state index in [-0.39, 0.29) is 5.91 Å². The summed E-state index contributed by atoms with van der Waals surface area (Å²) in [6, 6.07) is 7.97. The average Bonchev–Trinajstić information content (AvgIpc) is 2.09. The number of amides is 1. The molecule has 13 heavy (non-hydrogen) atoms. The molecule has 0 saturated heterocycles. The van der Waals surface area contributed by atoms with Crippen molar-refractivity contribution in [3.63, 3.8) is 0 Å². The smallest absolute Gasteiger partial charge is 0.223 e. The largest absolute Gasteiger partial charge is 0.313 e. The third kappa shape index (κ3) is 2.31. The van der Waals surface area contributed by atoms with E-state index in [0.29, 0.717) is 0 Å². The van der Waals surface area contributed by atoms with Gasteiger partial charge in [0.2, 0.25) is 5.91 Å². The molecule has 1 aromatic rings. The summed E-state index contributed by atoms with van der Waals surface area (Å²) in [5.41, 5.74) is 2.18. The summed E-state index contributed by atoms with van der Waals surface area (Å²) >= 11 is 0. The van der Waals surface area contributed by atoms with Gasteiger partial charge in [0, 0.05) is 19.2 Å². The van der Waals surface area contributed by atoms with Crippen LogP contribution in [0.4, 0.5) is 5.69 Å². The summed E-state index contributed by atoms with van der Waals surface area (Å²) < 4.78 is 0. The lowest BCUT2D eigenvalue weighted by molar-refractivity contribution is -0.116. The quantitative estimate of drug-likeness (QED) is 0.679. The number of hydrogen-bond donors (Lipinski definition) is 0. The van der Waals surface area contributed by atoms with Gasteiger partial charge in [0.1, 0.15) is 0 Å². The van der Waals surface area contributed by atoms with Crippen LogP contribution in [0, 0.1) is 6.92 Å². The second kappa shape index (κ2) is 4.08. The Labute approximate surface area is 79.2 Å². The van der Waals surface area contributed by atoms with Crippen LogP contribution in [0.1, 0.15) is 19.4 Å². The molecule has 0 N–H and O–H groups in total. The van der Waals surface area contributed by atoms with Gasteiger partial charge >= 0.3 is 0 Å². The van der Waals surface area contributed by atoms with E-state index in [4.69, 9.17) is 0 Å². The van der Waals surface area contributed by atoms with Crippen LogP contribution in [0.2, 0.25) is 0 Å². The molecule has 0 fully saturated rings. The molecular weight excluding hydrogens is 162 g/mol. The Morgan fingerprint density at radius 2 is 1.85 bits per heavy atom. The Morgan fingerprint density at radius 3 is 2.23 bits per heavy atom. The van der Waals surface area contributed by atoms with E-state index in [0.717, 1.165) is 12.2 Å². The standard InChI is InChI=1S/C11H15NO/c1-4-12(10(3)13)11-7-5-9(2)6-8-11/h5-8H,4H2,1-3H3. The van der Waals surface area contributed by atoms with Crippen molar-refractivity contribution in [3.05, 3.63) is 29.8 Å². The van der Waals surface area contributed by atoms with Crippen molar-refractivity contribution in [2.45, 2.75) is 20.8 Å². The molecule has 0 unspecified atom stereocenters. The van der Waals surface area contributed by atoms with E-state index in [1.54, 1.807) is 11.8 Å². The lowest BCUT2D eigenvalue weighted by Gasteiger charge is -2.18. The number of anilines is 1. The molecule has 0 aliphatic carbocycles. The van der Waals surface area contributed by atoms with Crippen LogP contribution in [0.5, 0.6) is 0 Å². The van der Waals surface area contributed by atoms with Crippen molar-refractivity contribution in [3.8, 4) is 0 Å². The number of benzene rings is 1. The molecule has 1 aromatic carbocycles. The summed E-state index contributed by atoms with van der Waals surface area (Å²) in [7, 11) is 0.